The van der Waals surface area contributed by atoms with E-state index in [-0.39, 0.29) is 24.4 Å². The van der Waals surface area contributed by atoms with Gasteiger partial charge in [0.05, 0.1) is 31.9 Å². The molecule has 0 atom stereocenters. The first-order valence-electron chi connectivity index (χ1n) is 7.69. The molecule has 0 saturated carbocycles. The standard InChI is InChI=1S/C19H19NO5/c1-24-17(21)12-13-20(18(22)14-8-4-3-5-9-14)16-11-7-6-10-15(16)19(23)25-2/h3-11H,12-13H2,1-2H3. The second kappa shape index (κ2) is 8.63. The topological polar surface area (TPSA) is 72.9 Å². The lowest BCUT2D eigenvalue weighted by atomic mass is 10.1. The van der Waals surface area contributed by atoms with Gasteiger partial charge in [0.15, 0.2) is 0 Å². The first kappa shape index (κ1) is 18.2. The third kappa shape index (κ3) is 4.44. The number of esters is 2. The van der Waals surface area contributed by atoms with Crippen LogP contribution in [0.1, 0.15) is 27.1 Å². The first-order chi connectivity index (χ1) is 12.1. The maximum absolute atomic E-state index is 12.9. The average Bonchev–Trinajstić information content (AvgIpc) is 2.68. The maximum Gasteiger partial charge on any atom is 0.339 e. The number of rotatable bonds is 6. The summed E-state index contributed by atoms with van der Waals surface area (Å²) in [4.78, 5) is 37.9. The molecule has 0 aromatic heterocycles. The molecular formula is C19H19NO5. The van der Waals surface area contributed by atoms with E-state index in [1.807, 2.05) is 0 Å². The number of carbonyl (C=O) groups excluding carboxylic acids is 3. The van der Waals surface area contributed by atoms with Crippen molar-refractivity contribution in [3.05, 3.63) is 65.7 Å². The number of benzene rings is 2. The molecule has 1 amide bonds. The number of hydrogen-bond donors (Lipinski definition) is 0. The predicted octanol–water partition coefficient (Wildman–Crippen LogP) is 2.68. The molecule has 25 heavy (non-hydrogen) atoms. The molecule has 0 saturated heterocycles. The van der Waals surface area contributed by atoms with Crippen molar-refractivity contribution < 1.29 is 23.9 Å². The van der Waals surface area contributed by atoms with Crippen LogP contribution >= 0.6 is 0 Å². The predicted molar refractivity (Wildman–Crippen MR) is 92.5 cm³/mol. The molecule has 0 aliphatic carbocycles. The number of para-hydroxylation sites is 1. The smallest absolute Gasteiger partial charge is 0.339 e. The Kier molecular flexibility index (Phi) is 6.28. The van der Waals surface area contributed by atoms with Gasteiger partial charge in [-0.25, -0.2) is 4.79 Å². The molecule has 0 radical (unpaired) electrons. The van der Waals surface area contributed by atoms with Crippen LogP contribution in [0.4, 0.5) is 5.69 Å². The van der Waals surface area contributed by atoms with Gasteiger partial charge in [-0.1, -0.05) is 30.3 Å². The Morgan fingerprint density at radius 3 is 2.16 bits per heavy atom. The molecule has 2 aromatic rings. The molecule has 0 spiro atoms. The van der Waals surface area contributed by atoms with Gasteiger partial charge in [0.2, 0.25) is 0 Å². The van der Waals surface area contributed by atoms with Crippen LogP contribution in [0.25, 0.3) is 0 Å². The minimum absolute atomic E-state index is 0.00454. The number of ether oxygens (including phenoxy) is 2. The Morgan fingerprint density at radius 2 is 1.52 bits per heavy atom. The molecule has 0 unspecified atom stereocenters. The molecule has 0 aliphatic heterocycles. The second-order valence-corrected chi connectivity index (χ2v) is 5.16. The number of methoxy groups -OCH3 is 2. The van der Waals surface area contributed by atoms with Crippen molar-refractivity contribution in [1.82, 2.24) is 0 Å². The van der Waals surface area contributed by atoms with Gasteiger partial charge in [-0.15, -0.1) is 0 Å². The van der Waals surface area contributed by atoms with Crippen molar-refractivity contribution >= 4 is 23.5 Å². The molecule has 0 bridgehead atoms. The zero-order valence-electron chi connectivity index (χ0n) is 14.1. The van der Waals surface area contributed by atoms with Crippen LogP contribution < -0.4 is 4.90 Å². The fraction of sp³-hybridized carbons (Fsp3) is 0.211. The number of amides is 1. The van der Waals surface area contributed by atoms with Gasteiger partial charge in [-0.3, -0.25) is 9.59 Å². The summed E-state index contributed by atoms with van der Waals surface area (Å²) in [5.41, 5.74) is 1.08. The highest BCUT2D eigenvalue weighted by Crippen LogP contribution is 2.23. The molecule has 130 valence electrons. The van der Waals surface area contributed by atoms with Crippen molar-refractivity contribution in [2.45, 2.75) is 6.42 Å². The summed E-state index contributed by atoms with van der Waals surface area (Å²) in [6, 6.07) is 15.3. The van der Waals surface area contributed by atoms with E-state index in [1.54, 1.807) is 54.6 Å². The summed E-state index contributed by atoms with van der Waals surface area (Å²) >= 11 is 0. The second-order valence-electron chi connectivity index (χ2n) is 5.16. The van der Waals surface area contributed by atoms with Gasteiger partial charge >= 0.3 is 11.9 Å². The van der Waals surface area contributed by atoms with E-state index in [4.69, 9.17) is 4.74 Å². The highest BCUT2D eigenvalue weighted by Gasteiger charge is 2.23. The maximum atomic E-state index is 12.9. The summed E-state index contributed by atoms with van der Waals surface area (Å²) in [5, 5.41) is 0. The van der Waals surface area contributed by atoms with Crippen LogP contribution in [-0.4, -0.2) is 38.6 Å². The Bertz CT molecular complexity index is 757. The number of carbonyl (C=O) groups is 3. The van der Waals surface area contributed by atoms with E-state index in [0.717, 1.165) is 0 Å². The molecule has 6 heteroatoms. The van der Waals surface area contributed by atoms with E-state index in [1.165, 1.54) is 19.1 Å². The minimum atomic E-state index is -0.556. The van der Waals surface area contributed by atoms with Crippen LogP contribution in [0.15, 0.2) is 54.6 Å². The summed E-state index contributed by atoms with van der Waals surface area (Å²) in [6.45, 7) is 0.0778. The summed E-state index contributed by atoms with van der Waals surface area (Å²) in [5.74, 6) is -1.32. The van der Waals surface area contributed by atoms with Gasteiger partial charge in [0.1, 0.15) is 0 Å². The van der Waals surface area contributed by atoms with Crippen molar-refractivity contribution in [2.75, 3.05) is 25.7 Å². The number of nitrogens with zero attached hydrogens (tertiary/aromatic N) is 1. The minimum Gasteiger partial charge on any atom is -0.469 e. The summed E-state index contributed by atoms with van der Waals surface area (Å²) in [7, 11) is 2.56. The van der Waals surface area contributed by atoms with E-state index in [9.17, 15) is 14.4 Å². The van der Waals surface area contributed by atoms with Crippen LogP contribution in [-0.2, 0) is 14.3 Å². The quantitative estimate of drug-likeness (QED) is 0.755. The van der Waals surface area contributed by atoms with Crippen molar-refractivity contribution in [3.63, 3.8) is 0 Å². The van der Waals surface area contributed by atoms with E-state index < -0.39 is 11.9 Å². The molecule has 0 aliphatic rings. The van der Waals surface area contributed by atoms with E-state index >= 15 is 0 Å². The highest BCUT2D eigenvalue weighted by molar-refractivity contribution is 6.09. The van der Waals surface area contributed by atoms with Gasteiger partial charge in [-0.05, 0) is 24.3 Å². The Balaban J connectivity index is 2.43. The third-order valence-corrected chi connectivity index (χ3v) is 3.63. The van der Waals surface area contributed by atoms with Gasteiger partial charge in [0.25, 0.3) is 5.91 Å². The Hall–Kier alpha value is -3.15. The molecule has 2 aromatic carbocycles. The Labute approximate surface area is 146 Å². The van der Waals surface area contributed by atoms with Crippen molar-refractivity contribution in [2.24, 2.45) is 0 Å². The molecular weight excluding hydrogens is 322 g/mol. The molecule has 2 rings (SSSR count). The van der Waals surface area contributed by atoms with Crippen LogP contribution in [0, 0.1) is 0 Å². The van der Waals surface area contributed by atoms with Crippen LogP contribution in [0.2, 0.25) is 0 Å². The largest absolute Gasteiger partial charge is 0.469 e. The SMILES string of the molecule is COC(=O)CCN(C(=O)c1ccccc1)c1ccccc1C(=O)OC. The zero-order chi connectivity index (χ0) is 18.2. The molecule has 0 fully saturated rings. The van der Waals surface area contributed by atoms with Gasteiger partial charge in [0, 0.05) is 12.1 Å². The van der Waals surface area contributed by atoms with Gasteiger partial charge in [-0.2, -0.15) is 0 Å². The molecule has 0 N–H and O–H groups in total. The number of anilines is 1. The zero-order valence-corrected chi connectivity index (χ0v) is 14.1. The number of hydrogen-bond acceptors (Lipinski definition) is 5. The third-order valence-electron chi connectivity index (χ3n) is 3.63. The lowest BCUT2D eigenvalue weighted by molar-refractivity contribution is -0.140. The van der Waals surface area contributed by atoms with Gasteiger partial charge < -0.3 is 14.4 Å². The first-order valence-corrected chi connectivity index (χ1v) is 7.69. The van der Waals surface area contributed by atoms with Crippen molar-refractivity contribution in [1.29, 1.82) is 0 Å². The fourth-order valence-corrected chi connectivity index (χ4v) is 2.36. The molecule has 0 heterocycles. The van der Waals surface area contributed by atoms with E-state index in [0.29, 0.717) is 11.3 Å². The highest BCUT2D eigenvalue weighted by atomic mass is 16.5. The Morgan fingerprint density at radius 1 is 0.880 bits per heavy atom. The van der Waals surface area contributed by atoms with Crippen LogP contribution in [0.5, 0.6) is 0 Å². The lowest BCUT2D eigenvalue weighted by Crippen LogP contribution is -2.34. The normalized spacial score (nSPS) is 10.0. The monoisotopic (exact) mass is 341 g/mol. The summed E-state index contributed by atoms with van der Waals surface area (Å²) in [6.07, 6.45) is 0.00454. The fourth-order valence-electron chi connectivity index (χ4n) is 2.36. The summed E-state index contributed by atoms with van der Waals surface area (Å²) < 4.78 is 9.44. The average molecular weight is 341 g/mol. The van der Waals surface area contributed by atoms with Crippen molar-refractivity contribution in [3.8, 4) is 0 Å². The lowest BCUT2D eigenvalue weighted by Gasteiger charge is -2.24. The molecule has 6 nitrogen and oxygen atoms in total. The van der Waals surface area contributed by atoms with E-state index in [2.05, 4.69) is 4.74 Å². The van der Waals surface area contributed by atoms with Crippen LogP contribution in [0.3, 0.4) is 0 Å².